The average Bonchev–Trinajstić information content (AvgIpc) is 2.16. The molecule has 5 nitrogen and oxygen atoms in total. The lowest BCUT2D eigenvalue weighted by atomic mass is 10.1. The van der Waals surface area contributed by atoms with Crippen LogP contribution in [-0.4, -0.2) is 34.1 Å². The van der Waals surface area contributed by atoms with Gasteiger partial charge < -0.3 is 5.32 Å². The van der Waals surface area contributed by atoms with Crippen LogP contribution in [0.5, 0.6) is 0 Å². The van der Waals surface area contributed by atoms with E-state index in [2.05, 4.69) is 14.8 Å². The van der Waals surface area contributed by atoms with Crippen LogP contribution in [0, 0.1) is 5.92 Å². The predicted octanol–water partition coefficient (Wildman–Crippen LogP) is -0.182. The Morgan fingerprint density at radius 2 is 2.20 bits per heavy atom. The Kier molecular flexibility index (Phi) is 4.98. The van der Waals surface area contributed by atoms with Crippen molar-refractivity contribution in [3.8, 4) is 0 Å². The minimum atomic E-state index is -3.32. The molecule has 0 radical (unpaired) electrons. The first kappa shape index (κ1) is 12.9. The van der Waals surface area contributed by atoms with E-state index < -0.39 is 10.2 Å². The first-order valence-corrected chi connectivity index (χ1v) is 6.95. The summed E-state index contributed by atoms with van der Waals surface area (Å²) in [4.78, 5) is 0. The summed E-state index contributed by atoms with van der Waals surface area (Å²) in [5.74, 6) is 0.325. The molecular formula is C9H21N3O2S. The largest absolute Gasteiger partial charge is 0.315 e. The monoisotopic (exact) mass is 235 g/mol. The first-order valence-electron chi connectivity index (χ1n) is 5.47. The molecule has 1 fully saturated rings. The topological polar surface area (TPSA) is 70.2 Å². The van der Waals surface area contributed by atoms with Gasteiger partial charge in [0, 0.05) is 19.1 Å². The highest BCUT2D eigenvalue weighted by molar-refractivity contribution is 7.87. The third kappa shape index (κ3) is 5.46. The third-order valence-corrected chi connectivity index (χ3v) is 3.49. The van der Waals surface area contributed by atoms with Gasteiger partial charge in [0.15, 0.2) is 0 Å². The second-order valence-electron chi connectivity index (χ2n) is 4.41. The van der Waals surface area contributed by atoms with Crippen molar-refractivity contribution >= 4 is 10.2 Å². The molecule has 0 spiro atoms. The van der Waals surface area contributed by atoms with Crippen molar-refractivity contribution in [1.29, 1.82) is 0 Å². The van der Waals surface area contributed by atoms with Gasteiger partial charge in [0.25, 0.3) is 10.2 Å². The number of piperidine rings is 1. The summed E-state index contributed by atoms with van der Waals surface area (Å²) in [6.45, 7) is 6.14. The fourth-order valence-electron chi connectivity index (χ4n) is 1.49. The Morgan fingerprint density at radius 3 is 2.73 bits per heavy atom. The van der Waals surface area contributed by atoms with Crippen molar-refractivity contribution in [3.05, 3.63) is 0 Å². The van der Waals surface area contributed by atoms with Crippen LogP contribution in [0.1, 0.15) is 26.7 Å². The molecule has 0 aromatic rings. The summed E-state index contributed by atoms with van der Waals surface area (Å²) < 4.78 is 28.3. The third-order valence-electron chi connectivity index (χ3n) is 2.30. The zero-order valence-corrected chi connectivity index (χ0v) is 10.2. The van der Waals surface area contributed by atoms with Gasteiger partial charge in [-0.2, -0.15) is 13.1 Å². The standard InChI is InChI=1S/C9H21N3O2S/c1-8(2)6-11-15(13,14)12-9-4-3-5-10-7-9/h8-12H,3-7H2,1-2H3. The fourth-order valence-corrected chi connectivity index (χ4v) is 2.77. The molecular weight excluding hydrogens is 214 g/mol. The molecule has 0 aliphatic carbocycles. The minimum Gasteiger partial charge on any atom is -0.315 e. The summed E-state index contributed by atoms with van der Waals surface area (Å²) >= 11 is 0. The molecule has 0 aromatic carbocycles. The van der Waals surface area contributed by atoms with Crippen molar-refractivity contribution < 1.29 is 8.42 Å². The van der Waals surface area contributed by atoms with Gasteiger partial charge in [0.1, 0.15) is 0 Å². The highest BCUT2D eigenvalue weighted by Crippen LogP contribution is 2.02. The maximum atomic E-state index is 11.6. The van der Waals surface area contributed by atoms with Crippen molar-refractivity contribution in [2.75, 3.05) is 19.6 Å². The number of hydrogen-bond acceptors (Lipinski definition) is 3. The van der Waals surface area contributed by atoms with Crippen molar-refractivity contribution in [3.63, 3.8) is 0 Å². The maximum Gasteiger partial charge on any atom is 0.277 e. The maximum absolute atomic E-state index is 11.6. The molecule has 15 heavy (non-hydrogen) atoms. The quantitative estimate of drug-likeness (QED) is 0.619. The van der Waals surface area contributed by atoms with E-state index in [0.29, 0.717) is 12.5 Å². The van der Waals surface area contributed by atoms with Crippen LogP contribution in [0.4, 0.5) is 0 Å². The summed E-state index contributed by atoms with van der Waals surface area (Å²) in [5, 5.41) is 3.17. The average molecular weight is 235 g/mol. The van der Waals surface area contributed by atoms with Crippen molar-refractivity contribution in [2.24, 2.45) is 5.92 Å². The van der Waals surface area contributed by atoms with Crippen LogP contribution < -0.4 is 14.8 Å². The Hall–Kier alpha value is -0.170. The van der Waals surface area contributed by atoms with E-state index in [0.717, 1.165) is 25.9 Å². The summed E-state index contributed by atoms with van der Waals surface area (Å²) in [6.07, 6.45) is 1.94. The van der Waals surface area contributed by atoms with E-state index >= 15 is 0 Å². The molecule has 90 valence electrons. The Balaban J connectivity index is 2.34. The van der Waals surface area contributed by atoms with Gasteiger partial charge in [-0.25, -0.2) is 4.72 Å². The smallest absolute Gasteiger partial charge is 0.277 e. The minimum absolute atomic E-state index is 0.0309. The molecule has 1 rings (SSSR count). The predicted molar refractivity (Wildman–Crippen MR) is 60.8 cm³/mol. The lowest BCUT2D eigenvalue weighted by molar-refractivity contribution is 0.425. The molecule has 1 heterocycles. The highest BCUT2D eigenvalue weighted by atomic mass is 32.2. The van der Waals surface area contributed by atoms with Crippen LogP contribution in [0.25, 0.3) is 0 Å². The normalized spacial score (nSPS) is 23.3. The van der Waals surface area contributed by atoms with Gasteiger partial charge in [0.2, 0.25) is 0 Å². The van der Waals surface area contributed by atoms with Crippen LogP contribution >= 0.6 is 0 Å². The van der Waals surface area contributed by atoms with E-state index in [9.17, 15) is 8.42 Å². The van der Waals surface area contributed by atoms with Crippen LogP contribution in [0.2, 0.25) is 0 Å². The molecule has 0 saturated carbocycles. The van der Waals surface area contributed by atoms with Gasteiger partial charge in [-0.3, -0.25) is 0 Å². The van der Waals surface area contributed by atoms with Crippen LogP contribution in [0.15, 0.2) is 0 Å². The molecule has 3 N–H and O–H groups in total. The van der Waals surface area contributed by atoms with Crippen LogP contribution in [-0.2, 0) is 10.2 Å². The summed E-state index contributed by atoms with van der Waals surface area (Å²) in [5.41, 5.74) is 0. The molecule has 1 unspecified atom stereocenters. The van der Waals surface area contributed by atoms with Gasteiger partial charge >= 0.3 is 0 Å². The second-order valence-corrected chi connectivity index (χ2v) is 5.94. The van der Waals surface area contributed by atoms with Gasteiger partial charge in [-0.1, -0.05) is 13.8 Å². The van der Waals surface area contributed by atoms with E-state index in [1.165, 1.54) is 0 Å². The van der Waals surface area contributed by atoms with E-state index in [1.54, 1.807) is 0 Å². The van der Waals surface area contributed by atoms with Gasteiger partial charge in [-0.05, 0) is 25.3 Å². The lowest BCUT2D eigenvalue weighted by Gasteiger charge is -2.23. The molecule has 0 bridgehead atoms. The zero-order chi connectivity index (χ0) is 11.3. The molecule has 0 amide bonds. The van der Waals surface area contributed by atoms with Crippen LogP contribution in [0.3, 0.4) is 0 Å². The zero-order valence-electron chi connectivity index (χ0n) is 9.41. The van der Waals surface area contributed by atoms with E-state index in [4.69, 9.17) is 0 Å². The van der Waals surface area contributed by atoms with Crippen molar-refractivity contribution in [2.45, 2.75) is 32.7 Å². The Bertz CT molecular complexity index is 271. The SMILES string of the molecule is CC(C)CNS(=O)(=O)NC1CCCNC1. The van der Waals surface area contributed by atoms with Gasteiger partial charge in [0.05, 0.1) is 0 Å². The molecule has 1 aliphatic heterocycles. The van der Waals surface area contributed by atoms with Gasteiger partial charge in [-0.15, -0.1) is 0 Å². The molecule has 1 atom stereocenters. The molecule has 0 aromatic heterocycles. The summed E-state index contributed by atoms with van der Waals surface area (Å²) in [6, 6.07) is 0.0309. The highest BCUT2D eigenvalue weighted by Gasteiger charge is 2.19. The van der Waals surface area contributed by atoms with E-state index in [-0.39, 0.29) is 6.04 Å². The molecule has 1 saturated heterocycles. The Labute approximate surface area is 92.2 Å². The number of hydrogen-bond donors (Lipinski definition) is 3. The number of nitrogens with one attached hydrogen (secondary N) is 3. The lowest BCUT2D eigenvalue weighted by Crippen LogP contribution is -2.49. The Morgan fingerprint density at radius 1 is 1.47 bits per heavy atom. The molecule has 1 aliphatic rings. The van der Waals surface area contributed by atoms with E-state index in [1.807, 2.05) is 13.8 Å². The summed E-state index contributed by atoms with van der Waals surface area (Å²) in [7, 11) is -3.32. The molecule has 6 heteroatoms. The number of rotatable bonds is 5. The second kappa shape index (κ2) is 5.79. The van der Waals surface area contributed by atoms with Crippen molar-refractivity contribution in [1.82, 2.24) is 14.8 Å². The fraction of sp³-hybridized carbons (Fsp3) is 1.00. The first-order chi connectivity index (χ1) is 6.99.